The molecule has 0 bridgehead atoms. The van der Waals surface area contributed by atoms with Crippen molar-refractivity contribution in [2.75, 3.05) is 26.2 Å². The summed E-state index contributed by atoms with van der Waals surface area (Å²) in [5.41, 5.74) is 4.36. The van der Waals surface area contributed by atoms with Crippen LogP contribution in [0.4, 0.5) is 4.79 Å². The van der Waals surface area contributed by atoms with E-state index in [0.717, 1.165) is 24.0 Å². The third-order valence-electron chi connectivity index (χ3n) is 7.70. The fourth-order valence-corrected chi connectivity index (χ4v) is 5.79. The topological polar surface area (TPSA) is 95.9 Å². The number of amides is 2. The molecule has 2 N–H and O–H groups in total. The third-order valence-corrected chi connectivity index (χ3v) is 7.70. The zero-order valence-corrected chi connectivity index (χ0v) is 19.7. The Morgan fingerprint density at radius 2 is 1.63 bits per heavy atom. The molecular weight excluding hydrogens is 444 g/mol. The second kappa shape index (κ2) is 9.56. The van der Waals surface area contributed by atoms with Crippen LogP contribution in [0.2, 0.25) is 0 Å². The first kappa shape index (κ1) is 23.1. The Labute approximate surface area is 204 Å². The summed E-state index contributed by atoms with van der Waals surface area (Å²) >= 11 is 0. The normalized spacial score (nSPS) is 18.4. The van der Waals surface area contributed by atoms with Crippen molar-refractivity contribution in [2.45, 2.75) is 38.0 Å². The van der Waals surface area contributed by atoms with Crippen LogP contribution in [0.5, 0.6) is 0 Å². The van der Waals surface area contributed by atoms with Gasteiger partial charge in [0.1, 0.15) is 6.61 Å². The van der Waals surface area contributed by atoms with E-state index in [1.165, 1.54) is 11.1 Å². The Kier molecular flexibility index (Phi) is 6.32. The molecule has 2 amide bonds. The number of hydrogen-bond acceptors (Lipinski definition) is 4. The molecule has 182 valence electrons. The highest BCUT2D eigenvalue weighted by Gasteiger charge is 2.44. The van der Waals surface area contributed by atoms with Gasteiger partial charge in [-0.25, -0.2) is 9.59 Å². The number of benzene rings is 2. The Hall–Kier alpha value is -3.61. The quantitative estimate of drug-likeness (QED) is 0.650. The van der Waals surface area contributed by atoms with E-state index in [1.807, 2.05) is 24.3 Å². The number of fused-ring (bicyclic) bond motifs is 3. The number of hydrogen-bond donors (Lipinski definition) is 2. The predicted molar refractivity (Wildman–Crippen MR) is 131 cm³/mol. The van der Waals surface area contributed by atoms with Crippen molar-refractivity contribution in [3.8, 4) is 11.1 Å². The third kappa shape index (κ3) is 4.43. The van der Waals surface area contributed by atoms with E-state index >= 15 is 0 Å². The number of rotatable bonds is 6. The molecule has 0 spiro atoms. The van der Waals surface area contributed by atoms with Crippen LogP contribution >= 0.6 is 0 Å². The molecule has 3 aliphatic rings. The molecule has 1 aliphatic heterocycles. The molecule has 0 radical (unpaired) electrons. The Morgan fingerprint density at radius 1 is 1.00 bits per heavy atom. The number of carboxylic acids is 1. The van der Waals surface area contributed by atoms with Crippen molar-refractivity contribution in [3.05, 3.63) is 71.3 Å². The molecule has 7 heteroatoms. The van der Waals surface area contributed by atoms with Crippen LogP contribution in [0.1, 0.15) is 49.1 Å². The number of aliphatic carboxylic acids is 1. The number of carboxylic acid groups (broad SMARTS) is 1. The van der Waals surface area contributed by atoms with Crippen molar-refractivity contribution in [2.24, 2.45) is 5.41 Å². The van der Waals surface area contributed by atoms with Crippen LogP contribution in [0, 0.1) is 5.41 Å². The summed E-state index contributed by atoms with van der Waals surface area (Å²) in [7, 11) is 0. The second-order valence-electron chi connectivity index (χ2n) is 9.70. The molecule has 7 nitrogen and oxygen atoms in total. The number of nitrogens with one attached hydrogen (secondary N) is 1. The van der Waals surface area contributed by atoms with Crippen molar-refractivity contribution in [1.82, 2.24) is 10.2 Å². The Morgan fingerprint density at radius 3 is 2.20 bits per heavy atom. The standard InChI is InChI=1S/C28H30N2O5/c31-25(32)19-11-15-30(16-12-19)26(33)28(13-5-6-14-28)18-29-27(34)35-17-24-22-9-3-1-7-20(22)21-8-2-4-10-23(21)24/h1-4,7-11,24H,5-6,12-18H2,(H,29,34)(H,31,32). The fraction of sp³-hybridized carbons (Fsp3) is 0.393. The highest BCUT2D eigenvalue weighted by Crippen LogP contribution is 2.44. The molecule has 2 aromatic rings. The predicted octanol–water partition coefficient (Wildman–Crippen LogP) is 4.33. The lowest BCUT2D eigenvalue weighted by atomic mass is 9.84. The van der Waals surface area contributed by atoms with Gasteiger partial charge in [0, 0.05) is 31.1 Å². The molecule has 1 fully saturated rings. The lowest BCUT2D eigenvalue weighted by molar-refractivity contribution is -0.142. The van der Waals surface area contributed by atoms with Crippen LogP contribution in [-0.4, -0.2) is 54.2 Å². The average molecular weight is 475 g/mol. The molecule has 0 unspecified atom stereocenters. The van der Waals surface area contributed by atoms with Gasteiger partial charge in [-0.1, -0.05) is 67.4 Å². The van der Waals surface area contributed by atoms with E-state index in [0.29, 0.717) is 37.9 Å². The van der Waals surface area contributed by atoms with E-state index in [4.69, 9.17) is 4.74 Å². The van der Waals surface area contributed by atoms with Crippen LogP contribution in [0.25, 0.3) is 11.1 Å². The molecular formula is C28H30N2O5. The summed E-state index contributed by atoms with van der Waals surface area (Å²) < 4.78 is 5.66. The van der Waals surface area contributed by atoms with Crippen molar-refractivity contribution < 1.29 is 24.2 Å². The van der Waals surface area contributed by atoms with Gasteiger partial charge in [0.05, 0.1) is 5.41 Å². The molecule has 2 aromatic carbocycles. The van der Waals surface area contributed by atoms with Crippen molar-refractivity contribution >= 4 is 18.0 Å². The first-order chi connectivity index (χ1) is 17.0. The highest BCUT2D eigenvalue weighted by molar-refractivity contribution is 5.88. The second-order valence-corrected chi connectivity index (χ2v) is 9.70. The highest BCUT2D eigenvalue weighted by atomic mass is 16.5. The zero-order valence-electron chi connectivity index (χ0n) is 19.7. The number of ether oxygens (including phenoxy) is 1. The first-order valence-corrected chi connectivity index (χ1v) is 12.3. The Balaban J connectivity index is 1.21. The number of nitrogens with zero attached hydrogens (tertiary/aromatic N) is 1. The van der Waals surface area contributed by atoms with E-state index in [1.54, 1.807) is 11.0 Å². The molecule has 1 saturated carbocycles. The zero-order chi connectivity index (χ0) is 24.4. The lowest BCUT2D eigenvalue weighted by Crippen LogP contribution is -2.50. The van der Waals surface area contributed by atoms with Crippen LogP contribution < -0.4 is 5.32 Å². The summed E-state index contributed by atoms with van der Waals surface area (Å²) in [6.07, 6.45) is 4.73. The minimum Gasteiger partial charge on any atom is -0.478 e. The van der Waals surface area contributed by atoms with E-state index < -0.39 is 17.5 Å². The van der Waals surface area contributed by atoms with E-state index in [-0.39, 0.29) is 25.0 Å². The maximum atomic E-state index is 13.4. The van der Waals surface area contributed by atoms with Gasteiger partial charge < -0.3 is 20.1 Å². The van der Waals surface area contributed by atoms with E-state index in [2.05, 4.69) is 29.6 Å². The van der Waals surface area contributed by atoms with Crippen LogP contribution in [0.15, 0.2) is 60.2 Å². The van der Waals surface area contributed by atoms with E-state index in [9.17, 15) is 19.5 Å². The SMILES string of the molecule is O=C(NCC1(C(=O)N2CC=C(C(=O)O)CC2)CCCC1)OCC1c2ccccc2-c2ccccc21. The largest absolute Gasteiger partial charge is 0.478 e. The van der Waals surface area contributed by atoms with Gasteiger partial charge in [-0.15, -0.1) is 0 Å². The minimum absolute atomic E-state index is 0.00497. The minimum atomic E-state index is -0.926. The van der Waals surface area contributed by atoms with Crippen LogP contribution in [0.3, 0.4) is 0 Å². The molecule has 0 aromatic heterocycles. The summed E-state index contributed by atoms with van der Waals surface area (Å²) in [5.74, 6) is -0.946. The molecule has 0 atom stereocenters. The van der Waals surface area contributed by atoms with Gasteiger partial charge in [0.15, 0.2) is 0 Å². The number of carbonyl (C=O) groups is 3. The van der Waals surface area contributed by atoms with Gasteiger partial charge in [-0.2, -0.15) is 0 Å². The van der Waals surface area contributed by atoms with Crippen LogP contribution in [-0.2, 0) is 14.3 Å². The van der Waals surface area contributed by atoms with Gasteiger partial charge in [0.25, 0.3) is 0 Å². The summed E-state index contributed by atoms with van der Waals surface area (Å²) in [6, 6.07) is 16.4. The monoisotopic (exact) mass is 474 g/mol. The summed E-state index contributed by atoms with van der Waals surface area (Å²) in [5, 5.41) is 12.0. The van der Waals surface area contributed by atoms with Crippen molar-refractivity contribution in [3.63, 3.8) is 0 Å². The van der Waals surface area contributed by atoms with Crippen molar-refractivity contribution in [1.29, 1.82) is 0 Å². The fourth-order valence-electron chi connectivity index (χ4n) is 5.79. The molecule has 2 aliphatic carbocycles. The number of alkyl carbamates (subject to hydrolysis) is 1. The van der Waals surface area contributed by atoms with Gasteiger partial charge in [-0.05, 0) is 41.5 Å². The smallest absolute Gasteiger partial charge is 0.407 e. The maximum absolute atomic E-state index is 13.4. The maximum Gasteiger partial charge on any atom is 0.407 e. The summed E-state index contributed by atoms with van der Waals surface area (Å²) in [6.45, 7) is 1.15. The lowest BCUT2D eigenvalue weighted by Gasteiger charge is -2.35. The van der Waals surface area contributed by atoms with Gasteiger partial charge in [-0.3, -0.25) is 4.79 Å². The first-order valence-electron chi connectivity index (χ1n) is 12.3. The molecule has 35 heavy (non-hydrogen) atoms. The molecule has 0 saturated heterocycles. The number of carbonyl (C=O) groups excluding carboxylic acids is 2. The molecule has 1 heterocycles. The van der Waals surface area contributed by atoms with Gasteiger partial charge in [0.2, 0.25) is 5.91 Å². The average Bonchev–Trinajstić information content (AvgIpc) is 3.50. The Bertz CT molecular complexity index is 1140. The van der Waals surface area contributed by atoms with Gasteiger partial charge >= 0.3 is 12.1 Å². The summed E-state index contributed by atoms with van der Waals surface area (Å²) in [4.78, 5) is 39.0. The molecule has 5 rings (SSSR count).